The predicted octanol–water partition coefficient (Wildman–Crippen LogP) is 1.35. The normalized spacial score (nSPS) is 16.6. The summed E-state index contributed by atoms with van der Waals surface area (Å²) < 4.78 is 1.85. The molecule has 1 aromatic heterocycles. The molecule has 1 aliphatic carbocycles. The van der Waals surface area contributed by atoms with Crippen LogP contribution in [0, 0.1) is 0 Å². The maximum Gasteiger partial charge on any atom is 0.0534 e. The van der Waals surface area contributed by atoms with Crippen LogP contribution in [0.3, 0.4) is 0 Å². The van der Waals surface area contributed by atoms with Gasteiger partial charge in [0.15, 0.2) is 0 Å². The van der Waals surface area contributed by atoms with Crippen molar-refractivity contribution in [3.8, 4) is 0 Å². The zero-order chi connectivity index (χ0) is 14.2. The summed E-state index contributed by atoms with van der Waals surface area (Å²) in [7, 11) is 4.12. The van der Waals surface area contributed by atoms with Crippen LogP contribution in [-0.2, 0) is 26.4 Å². The molecule has 1 heterocycles. The Balaban J connectivity index is 1.80. The van der Waals surface area contributed by atoms with Crippen LogP contribution < -0.4 is 5.73 Å². The molecule has 0 bridgehead atoms. The second-order valence-corrected chi connectivity index (χ2v) is 5.93. The molecule has 0 spiro atoms. The first-order valence-electron chi connectivity index (χ1n) is 7.08. The SMILES string of the molecule is CN(Cc1cnn(C)c1)C1(CN)Cc2ccccc2C1. The van der Waals surface area contributed by atoms with Gasteiger partial charge >= 0.3 is 0 Å². The van der Waals surface area contributed by atoms with Crippen LogP contribution in [0.25, 0.3) is 0 Å². The molecule has 4 nitrogen and oxygen atoms in total. The molecule has 3 rings (SSSR count). The highest BCUT2D eigenvalue weighted by Gasteiger charge is 2.39. The topological polar surface area (TPSA) is 47.1 Å². The monoisotopic (exact) mass is 270 g/mol. The van der Waals surface area contributed by atoms with Gasteiger partial charge in [0.1, 0.15) is 0 Å². The Morgan fingerprint density at radius 3 is 2.45 bits per heavy atom. The van der Waals surface area contributed by atoms with Crippen LogP contribution >= 0.6 is 0 Å². The lowest BCUT2D eigenvalue weighted by Crippen LogP contribution is -2.52. The van der Waals surface area contributed by atoms with Crippen LogP contribution in [0.15, 0.2) is 36.7 Å². The van der Waals surface area contributed by atoms with Gasteiger partial charge in [-0.2, -0.15) is 5.10 Å². The first kappa shape index (κ1) is 13.3. The van der Waals surface area contributed by atoms with Crippen LogP contribution in [0.2, 0.25) is 0 Å². The van der Waals surface area contributed by atoms with Crippen LogP contribution in [0.1, 0.15) is 16.7 Å². The summed E-state index contributed by atoms with van der Waals surface area (Å²) in [6.45, 7) is 1.57. The van der Waals surface area contributed by atoms with E-state index < -0.39 is 0 Å². The summed E-state index contributed by atoms with van der Waals surface area (Å²) in [6, 6.07) is 8.69. The minimum Gasteiger partial charge on any atom is -0.329 e. The van der Waals surface area contributed by atoms with Gasteiger partial charge in [-0.15, -0.1) is 0 Å². The third-order valence-electron chi connectivity index (χ3n) is 4.53. The highest BCUT2D eigenvalue weighted by Crippen LogP contribution is 2.34. The number of benzene rings is 1. The second kappa shape index (κ2) is 5.04. The molecule has 1 aliphatic rings. The Bertz CT molecular complexity index is 577. The molecule has 1 aromatic carbocycles. The molecular formula is C16H22N4. The van der Waals surface area contributed by atoms with Crippen molar-refractivity contribution in [2.24, 2.45) is 12.8 Å². The first-order chi connectivity index (χ1) is 9.63. The van der Waals surface area contributed by atoms with Crippen molar-refractivity contribution in [3.63, 3.8) is 0 Å². The summed E-state index contributed by atoms with van der Waals surface area (Å²) >= 11 is 0. The van der Waals surface area contributed by atoms with E-state index in [4.69, 9.17) is 5.73 Å². The number of hydrogen-bond acceptors (Lipinski definition) is 3. The average molecular weight is 270 g/mol. The number of nitrogens with zero attached hydrogens (tertiary/aromatic N) is 3. The van der Waals surface area contributed by atoms with Crippen LogP contribution in [0.5, 0.6) is 0 Å². The molecule has 0 unspecified atom stereocenters. The Kier molecular flexibility index (Phi) is 3.36. The summed E-state index contributed by atoms with van der Waals surface area (Å²) in [5.74, 6) is 0. The molecule has 4 heteroatoms. The molecule has 0 radical (unpaired) electrons. The standard InChI is InChI=1S/C16H22N4/c1-19(10-13-9-18-20(2)11-13)16(12-17)7-14-5-3-4-6-15(14)8-16/h3-6,9,11H,7-8,10,12,17H2,1-2H3. The Morgan fingerprint density at radius 2 is 1.95 bits per heavy atom. The lowest BCUT2D eigenvalue weighted by Gasteiger charge is -2.37. The highest BCUT2D eigenvalue weighted by atomic mass is 15.3. The van der Waals surface area contributed by atoms with E-state index in [1.54, 1.807) is 0 Å². The lowest BCUT2D eigenvalue weighted by atomic mass is 9.93. The minimum absolute atomic E-state index is 0.0412. The number of hydrogen-bond donors (Lipinski definition) is 1. The summed E-state index contributed by atoms with van der Waals surface area (Å²) in [6.07, 6.45) is 6.08. The number of rotatable bonds is 4. The molecule has 0 aliphatic heterocycles. The number of fused-ring (bicyclic) bond motifs is 1. The van der Waals surface area contributed by atoms with Crippen molar-refractivity contribution < 1.29 is 0 Å². The number of nitrogens with two attached hydrogens (primary N) is 1. The Morgan fingerprint density at radius 1 is 1.30 bits per heavy atom. The van der Waals surface area contributed by atoms with E-state index in [2.05, 4.69) is 47.5 Å². The molecule has 20 heavy (non-hydrogen) atoms. The van der Waals surface area contributed by atoms with Gasteiger partial charge in [0.2, 0.25) is 0 Å². The molecule has 106 valence electrons. The van der Waals surface area contributed by atoms with Gasteiger partial charge in [0, 0.05) is 37.4 Å². The van der Waals surface area contributed by atoms with Gasteiger partial charge in [-0.3, -0.25) is 9.58 Å². The fourth-order valence-electron chi connectivity index (χ4n) is 3.24. The molecular weight excluding hydrogens is 248 g/mol. The average Bonchev–Trinajstić information content (AvgIpc) is 3.02. The molecule has 2 aromatic rings. The third kappa shape index (κ3) is 2.25. The third-order valence-corrected chi connectivity index (χ3v) is 4.53. The molecule has 0 amide bonds. The Labute approximate surface area is 120 Å². The van der Waals surface area contributed by atoms with Gasteiger partial charge in [-0.05, 0) is 31.0 Å². The minimum atomic E-state index is 0.0412. The molecule has 0 saturated heterocycles. The van der Waals surface area contributed by atoms with Crippen molar-refractivity contribution >= 4 is 0 Å². The highest BCUT2D eigenvalue weighted by molar-refractivity contribution is 5.36. The summed E-state index contributed by atoms with van der Waals surface area (Å²) in [4.78, 5) is 2.39. The molecule has 0 saturated carbocycles. The Hall–Kier alpha value is -1.65. The maximum absolute atomic E-state index is 6.15. The van der Waals surface area contributed by atoms with E-state index in [1.807, 2.05) is 17.9 Å². The van der Waals surface area contributed by atoms with E-state index in [0.717, 1.165) is 19.4 Å². The zero-order valence-electron chi connectivity index (χ0n) is 12.2. The van der Waals surface area contributed by atoms with E-state index in [1.165, 1.54) is 16.7 Å². The maximum atomic E-state index is 6.15. The number of aromatic nitrogens is 2. The largest absolute Gasteiger partial charge is 0.329 e. The van der Waals surface area contributed by atoms with Gasteiger partial charge in [-0.25, -0.2) is 0 Å². The smallest absolute Gasteiger partial charge is 0.0534 e. The van der Waals surface area contributed by atoms with Crippen molar-refractivity contribution in [2.45, 2.75) is 24.9 Å². The molecule has 2 N–H and O–H groups in total. The van der Waals surface area contributed by atoms with Crippen molar-refractivity contribution in [2.75, 3.05) is 13.6 Å². The van der Waals surface area contributed by atoms with Gasteiger partial charge < -0.3 is 5.73 Å². The molecule has 0 atom stereocenters. The van der Waals surface area contributed by atoms with Crippen LogP contribution in [0.4, 0.5) is 0 Å². The van der Waals surface area contributed by atoms with Gasteiger partial charge in [-0.1, -0.05) is 24.3 Å². The number of aryl methyl sites for hydroxylation is 1. The summed E-state index contributed by atoms with van der Waals surface area (Å²) in [5, 5.41) is 4.24. The fraction of sp³-hybridized carbons (Fsp3) is 0.438. The van der Waals surface area contributed by atoms with E-state index in [9.17, 15) is 0 Å². The van der Waals surface area contributed by atoms with Crippen LogP contribution in [-0.4, -0.2) is 33.8 Å². The van der Waals surface area contributed by atoms with Crippen molar-refractivity contribution in [3.05, 3.63) is 53.3 Å². The zero-order valence-corrected chi connectivity index (χ0v) is 12.2. The van der Waals surface area contributed by atoms with Crippen molar-refractivity contribution in [1.82, 2.24) is 14.7 Å². The van der Waals surface area contributed by atoms with E-state index in [-0.39, 0.29) is 5.54 Å². The predicted molar refractivity (Wildman–Crippen MR) is 80.3 cm³/mol. The second-order valence-electron chi connectivity index (χ2n) is 5.93. The van der Waals surface area contributed by atoms with E-state index in [0.29, 0.717) is 6.54 Å². The fourth-order valence-corrected chi connectivity index (χ4v) is 3.24. The van der Waals surface area contributed by atoms with E-state index >= 15 is 0 Å². The van der Waals surface area contributed by atoms with Crippen molar-refractivity contribution in [1.29, 1.82) is 0 Å². The van der Waals surface area contributed by atoms with Gasteiger partial charge in [0.05, 0.1) is 6.20 Å². The summed E-state index contributed by atoms with van der Waals surface area (Å²) in [5.41, 5.74) is 10.3. The number of likely N-dealkylation sites (N-methyl/N-ethyl adjacent to an activating group) is 1. The first-order valence-corrected chi connectivity index (χ1v) is 7.08. The van der Waals surface area contributed by atoms with Gasteiger partial charge in [0.25, 0.3) is 0 Å². The molecule has 0 fully saturated rings. The lowest BCUT2D eigenvalue weighted by molar-refractivity contribution is 0.127. The quantitative estimate of drug-likeness (QED) is 0.912.